The Bertz CT molecular complexity index is 722. The minimum absolute atomic E-state index is 0.142. The second-order valence-electron chi connectivity index (χ2n) is 10.1. The van der Waals surface area contributed by atoms with Gasteiger partial charge in [-0.2, -0.15) is 5.26 Å². The van der Waals surface area contributed by atoms with Gasteiger partial charge in [0.25, 0.3) is 0 Å². The Hall–Kier alpha value is -0.930. The molecule has 27 heavy (non-hydrogen) atoms. The number of nitrogens with zero attached hydrogens (tertiary/aromatic N) is 1. The van der Waals surface area contributed by atoms with Crippen molar-refractivity contribution in [2.45, 2.75) is 76.3 Å². The maximum atomic E-state index is 11.0. The van der Waals surface area contributed by atoms with Crippen molar-refractivity contribution < 1.29 is 19.7 Å². The number of hydrogen-bond donors (Lipinski definition) is 2. The average molecular weight is 373 g/mol. The van der Waals surface area contributed by atoms with Crippen molar-refractivity contribution in [3.05, 3.63) is 11.6 Å². The molecule has 5 unspecified atom stereocenters. The molecule has 0 radical (unpaired) electrons. The van der Waals surface area contributed by atoms with Crippen molar-refractivity contribution in [3.8, 4) is 6.07 Å². The first kappa shape index (κ1) is 18.1. The number of ether oxygens (including phenoxy) is 2. The standard InChI is InChI=1S/C22H31NO4/c1-19-7-8-21(26-9-10-27-21)12-14(19)3-4-15-16(19)5-6-20(2)17(15)11-18(24)22(20,25)13-23/h3,15-18,24-25H,4-12H2,1-2H3/t15?,16?,17?,18-,19?,20?,22-/m1/s1. The summed E-state index contributed by atoms with van der Waals surface area (Å²) in [6, 6.07) is 2.08. The highest BCUT2D eigenvalue weighted by atomic mass is 16.7. The predicted octanol–water partition coefficient (Wildman–Crippen LogP) is 2.92. The predicted molar refractivity (Wildman–Crippen MR) is 98.3 cm³/mol. The third kappa shape index (κ3) is 2.13. The summed E-state index contributed by atoms with van der Waals surface area (Å²) < 4.78 is 12.0. The Morgan fingerprint density at radius 1 is 1.15 bits per heavy atom. The number of rotatable bonds is 0. The smallest absolute Gasteiger partial charge is 0.182 e. The van der Waals surface area contributed by atoms with Crippen LogP contribution < -0.4 is 0 Å². The molecule has 4 aliphatic carbocycles. The molecule has 4 fully saturated rings. The van der Waals surface area contributed by atoms with Crippen molar-refractivity contribution in [2.75, 3.05) is 13.2 Å². The summed E-state index contributed by atoms with van der Waals surface area (Å²) in [5.41, 5.74) is -0.509. The van der Waals surface area contributed by atoms with Gasteiger partial charge in [0, 0.05) is 18.3 Å². The fraction of sp³-hybridized carbons (Fsp3) is 0.864. The number of aliphatic hydroxyl groups is 2. The summed E-state index contributed by atoms with van der Waals surface area (Å²) in [5, 5.41) is 31.2. The van der Waals surface area contributed by atoms with Crippen molar-refractivity contribution in [2.24, 2.45) is 28.6 Å². The Labute approximate surface area is 161 Å². The highest BCUT2D eigenvalue weighted by Gasteiger charge is 2.68. The van der Waals surface area contributed by atoms with Gasteiger partial charge in [-0.1, -0.05) is 25.5 Å². The van der Waals surface area contributed by atoms with E-state index >= 15 is 0 Å². The molecule has 1 spiro atoms. The highest BCUT2D eigenvalue weighted by Crippen LogP contribution is 2.67. The highest BCUT2D eigenvalue weighted by molar-refractivity contribution is 5.30. The Morgan fingerprint density at radius 2 is 1.89 bits per heavy atom. The van der Waals surface area contributed by atoms with Crippen molar-refractivity contribution in [1.29, 1.82) is 5.26 Å². The van der Waals surface area contributed by atoms with E-state index in [9.17, 15) is 15.5 Å². The van der Waals surface area contributed by atoms with E-state index in [0.29, 0.717) is 31.5 Å². The molecule has 7 atom stereocenters. The van der Waals surface area contributed by atoms with Crippen LogP contribution in [0, 0.1) is 39.9 Å². The van der Waals surface area contributed by atoms with Gasteiger partial charge < -0.3 is 19.7 Å². The minimum atomic E-state index is -1.62. The zero-order chi connectivity index (χ0) is 19.1. The van der Waals surface area contributed by atoms with Crippen LogP contribution in [0.4, 0.5) is 0 Å². The molecule has 0 amide bonds. The SMILES string of the molecule is CC12CCC3(CC1=CCC1C2CCC2(C)C1C[C@@H](O)[C@]2(O)C#N)OCCO3. The Balaban J connectivity index is 1.48. The number of fused-ring (bicyclic) bond motifs is 5. The average Bonchev–Trinajstić information content (AvgIpc) is 3.19. The van der Waals surface area contributed by atoms with Gasteiger partial charge in [-0.25, -0.2) is 0 Å². The van der Waals surface area contributed by atoms with Gasteiger partial charge in [-0.3, -0.25) is 0 Å². The summed E-state index contributed by atoms with van der Waals surface area (Å²) in [6.07, 6.45) is 7.67. The molecule has 5 rings (SSSR count). The summed E-state index contributed by atoms with van der Waals surface area (Å²) >= 11 is 0. The Kier molecular flexibility index (Phi) is 3.74. The lowest BCUT2D eigenvalue weighted by atomic mass is 9.47. The maximum absolute atomic E-state index is 11.0. The van der Waals surface area contributed by atoms with Crippen LogP contribution in [0.3, 0.4) is 0 Å². The van der Waals surface area contributed by atoms with Gasteiger partial charge in [-0.15, -0.1) is 0 Å². The minimum Gasteiger partial charge on any atom is -0.389 e. The quantitative estimate of drug-likeness (QED) is 0.504. The van der Waals surface area contributed by atoms with Crippen molar-refractivity contribution in [3.63, 3.8) is 0 Å². The third-order valence-corrected chi connectivity index (χ3v) is 9.31. The first-order valence-electron chi connectivity index (χ1n) is 10.6. The van der Waals surface area contributed by atoms with E-state index in [1.165, 1.54) is 5.57 Å². The van der Waals surface area contributed by atoms with Crippen LogP contribution in [-0.4, -0.2) is 40.9 Å². The largest absolute Gasteiger partial charge is 0.389 e. The lowest BCUT2D eigenvalue weighted by Gasteiger charge is -2.59. The van der Waals surface area contributed by atoms with Crippen LogP contribution >= 0.6 is 0 Å². The van der Waals surface area contributed by atoms with Crippen LogP contribution in [0.2, 0.25) is 0 Å². The van der Waals surface area contributed by atoms with Gasteiger partial charge in [0.05, 0.1) is 19.3 Å². The zero-order valence-corrected chi connectivity index (χ0v) is 16.4. The van der Waals surface area contributed by atoms with Crippen molar-refractivity contribution in [1.82, 2.24) is 0 Å². The molecular weight excluding hydrogens is 342 g/mol. The van der Waals surface area contributed by atoms with Crippen LogP contribution in [0.25, 0.3) is 0 Å². The fourth-order valence-electron chi connectivity index (χ4n) is 7.57. The molecule has 2 N–H and O–H groups in total. The van der Waals surface area contributed by atoms with Crippen molar-refractivity contribution >= 4 is 0 Å². The molecule has 5 aliphatic rings. The molecule has 5 heteroatoms. The second kappa shape index (κ2) is 5.57. The molecule has 148 valence electrons. The van der Waals surface area contributed by atoms with Crippen LogP contribution in [0.1, 0.15) is 58.8 Å². The summed E-state index contributed by atoms with van der Waals surface area (Å²) in [6.45, 7) is 5.83. The van der Waals surface area contributed by atoms with E-state index in [-0.39, 0.29) is 11.3 Å². The van der Waals surface area contributed by atoms with Gasteiger partial charge in [-0.05, 0) is 55.3 Å². The van der Waals surface area contributed by atoms with Gasteiger partial charge in [0.15, 0.2) is 11.4 Å². The molecule has 1 heterocycles. The molecule has 0 aromatic carbocycles. The van der Waals surface area contributed by atoms with Crippen LogP contribution in [0.15, 0.2) is 11.6 Å². The first-order valence-corrected chi connectivity index (χ1v) is 10.6. The molecule has 1 aliphatic heterocycles. The summed E-state index contributed by atoms with van der Waals surface area (Å²) in [5.74, 6) is 0.767. The first-order chi connectivity index (χ1) is 12.8. The molecular formula is C22H31NO4. The van der Waals surface area contributed by atoms with E-state index in [2.05, 4.69) is 19.1 Å². The lowest BCUT2D eigenvalue weighted by molar-refractivity contribution is -0.187. The lowest BCUT2D eigenvalue weighted by Crippen LogP contribution is -2.56. The maximum Gasteiger partial charge on any atom is 0.182 e. The molecule has 3 saturated carbocycles. The molecule has 1 saturated heterocycles. The summed E-state index contributed by atoms with van der Waals surface area (Å²) in [7, 11) is 0. The van der Waals surface area contributed by atoms with Crippen LogP contribution in [-0.2, 0) is 9.47 Å². The zero-order valence-electron chi connectivity index (χ0n) is 16.4. The number of hydrogen-bond acceptors (Lipinski definition) is 5. The molecule has 0 aromatic rings. The van der Waals surface area contributed by atoms with Gasteiger partial charge in [0.1, 0.15) is 6.07 Å². The monoisotopic (exact) mass is 373 g/mol. The normalized spacial score (nSPS) is 53.2. The molecule has 0 aromatic heterocycles. The summed E-state index contributed by atoms with van der Waals surface area (Å²) in [4.78, 5) is 0. The third-order valence-electron chi connectivity index (χ3n) is 9.31. The van der Waals surface area contributed by atoms with Gasteiger partial charge >= 0.3 is 0 Å². The van der Waals surface area contributed by atoms with E-state index in [1.807, 2.05) is 6.92 Å². The number of nitriles is 1. The topological polar surface area (TPSA) is 82.7 Å². The van der Waals surface area contributed by atoms with E-state index < -0.39 is 22.9 Å². The van der Waals surface area contributed by atoms with Gasteiger partial charge in [0.2, 0.25) is 0 Å². The van der Waals surface area contributed by atoms with Crippen LogP contribution in [0.5, 0.6) is 0 Å². The Morgan fingerprint density at radius 3 is 2.59 bits per heavy atom. The number of allylic oxidation sites excluding steroid dienone is 1. The number of aliphatic hydroxyl groups excluding tert-OH is 1. The molecule has 5 nitrogen and oxygen atoms in total. The van der Waals surface area contributed by atoms with E-state index in [0.717, 1.165) is 38.5 Å². The second-order valence-corrected chi connectivity index (χ2v) is 10.1. The molecule has 0 bridgehead atoms. The fourth-order valence-corrected chi connectivity index (χ4v) is 7.57. The van der Waals surface area contributed by atoms with E-state index in [1.54, 1.807) is 0 Å². The van der Waals surface area contributed by atoms with E-state index in [4.69, 9.17) is 9.47 Å².